The maximum Gasteiger partial charge on any atom is 0.407 e. The van der Waals surface area contributed by atoms with Crippen molar-refractivity contribution < 1.29 is 33.4 Å². The number of hydrogen-bond donors (Lipinski definition) is 2. The highest BCUT2D eigenvalue weighted by Crippen LogP contribution is 2.34. The summed E-state index contributed by atoms with van der Waals surface area (Å²) in [6.07, 6.45) is 1.09. The molecule has 0 bridgehead atoms. The smallest absolute Gasteiger partial charge is 0.407 e. The number of alkyl carbamates (subject to hydrolysis) is 1. The zero-order valence-corrected chi connectivity index (χ0v) is 25.0. The molecule has 41 heavy (non-hydrogen) atoms. The number of halogens is 1. The van der Waals surface area contributed by atoms with Crippen molar-refractivity contribution in [3.05, 3.63) is 60.2 Å². The van der Waals surface area contributed by atoms with Crippen LogP contribution in [0.25, 0.3) is 0 Å². The molecule has 2 aromatic rings. The van der Waals surface area contributed by atoms with Crippen molar-refractivity contribution in [3.63, 3.8) is 0 Å². The second kappa shape index (κ2) is 18.2. The lowest BCUT2D eigenvalue weighted by atomic mass is 10.1. The molecule has 0 aromatic heterocycles. The largest absolute Gasteiger partial charge is 0.465 e. The van der Waals surface area contributed by atoms with Crippen LogP contribution in [0.5, 0.6) is 0 Å². The van der Waals surface area contributed by atoms with Gasteiger partial charge in [0.05, 0.1) is 24.9 Å². The molecular weight excluding hydrogens is 570 g/mol. The quantitative estimate of drug-likeness (QED) is 0.186. The van der Waals surface area contributed by atoms with Crippen LogP contribution in [0, 0.1) is 0 Å². The Morgan fingerprint density at radius 3 is 2.41 bits per heavy atom. The first-order chi connectivity index (χ1) is 19.4. The Kier molecular flexibility index (Phi) is 15.1. The standard InChI is InChI=1S/C29H37N3O7S.ClH/c1-3-37-26(33)18-32-24-15-8-9-16-25(24)40-20-23(27(32)34)31-22(28(35)38-4-2)14-10-11-17-30-29(36)39-19-21-12-6-5-7-13-21;/h5-9,12-13,15-16,22-23,31H,3-4,10-11,14,17-20H2,1-2H3,(H,30,36);1H/t22-,23?;/m1./s1. The summed E-state index contributed by atoms with van der Waals surface area (Å²) in [4.78, 5) is 53.0. The highest BCUT2D eigenvalue weighted by molar-refractivity contribution is 7.99. The van der Waals surface area contributed by atoms with Crippen molar-refractivity contribution in [3.8, 4) is 0 Å². The highest BCUT2D eigenvalue weighted by Gasteiger charge is 2.35. The van der Waals surface area contributed by atoms with Gasteiger partial charge in [0, 0.05) is 17.2 Å². The summed E-state index contributed by atoms with van der Waals surface area (Å²) in [6, 6.07) is 15.3. The molecule has 1 aliphatic rings. The van der Waals surface area contributed by atoms with Crippen molar-refractivity contribution in [2.24, 2.45) is 0 Å². The number of rotatable bonds is 14. The van der Waals surface area contributed by atoms with Crippen molar-refractivity contribution in [2.45, 2.75) is 56.7 Å². The maximum absolute atomic E-state index is 13.6. The molecule has 1 heterocycles. The van der Waals surface area contributed by atoms with Gasteiger partial charge in [0.15, 0.2) is 0 Å². The average Bonchev–Trinajstić information content (AvgIpc) is 3.08. The number of carbonyl (C=O) groups excluding carboxylic acids is 4. The van der Waals surface area contributed by atoms with Crippen LogP contribution in [0.1, 0.15) is 38.7 Å². The number of benzene rings is 2. The van der Waals surface area contributed by atoms with Gasteiger partial charge in [-0.05, 0) is 50.8 Å². The molecule has 12 heteroatoms. The van der Waals surface area contributed by atoms with E-state index in [0.717, 1.165) is 10.5 Å². The van der Waals surface area contributed by atoms with Gasteiger partial charge in [-0.3, -0.25) is 24.6 Å². The molecule has 3 rings (SSSR count). The van der Waals surface area contributed by atoms with E-state index in [9.17, 15) is 19.2 Å². The number of esters is 2. The summed E-state index contributed by atoms with van der Waals surface area (Å²) in [6.45, 7) is 4.20. The van der Waals surface area contributed by atoms with Gasteiger partial charge in [-0.2, -0.15) is 0 Å². The van der Waals surface area contributed by atoms with E-state index in [2.05, 4.69) is 10.6 Å². The molecule has 224 valence electrons. The Hall–Kier alpha value is -3.28. The van der Waals surface area contributed by atoms with Crippen LogP contribution in [0.2, 0.25) is 0 Å². The third-order valence-electron chi connectivity index (χ3n) is 6.09. The summed E-state index contributed by atoms with van der Waals surface area (Å²) in [5.41, 5.74) is 1.53. The van der Waals surface area contributed by atoms with Crippen LogP contribution in [0.4, 0.5) is 10.5 Å². The van der Waals surface area contributed by atoms with Crippen molar-refractivity contribution in [1.82, 2.24) is 10.6 Å². The summed E-state index contributed by atoms with van der Waals surface area (Å²) in [5, 5.41) is 5.90. The number of hydrogen-bond acceptors (Lipinski definition) is 9. The van der Waals surface area contributed by atoms with E-state index in [1.165, 1.54) is 16.7 Å². The average molecular weight is 608 g/mol. The minimum atomic E-state index is -0.731. The molecule has 2 atom stereocenters. The molecular formula is C29H38ClN3O7S. The van der Waals surface area contributed by atoms with Crippen LogP contribution in [-0.2, 0) is 35.2 Å². The molecule has 0 saturated heterocycles. The predicted octanol–water partition coefficient (Wildman–Crippen LogP) is 4.10. The number of thioether (sulfide) groups is 1. The fourth-order valence-corrected chi connectivity index (χ4v) is 5.25. The van der Waals surface area contributed by atoms with Crippen molar-refractivity contribution in [2.75, 3.05) is 37.0 Å². The van der Waals surface area contributed by atoms with E-state index >= 15 is 0 Å². The van der Waals surface area contributed by atoms with Crippen LogP contribution < -0.4 is 15.5 Å². The number of carbonyl (C=O) groups is 4. The normalized spacial score (nSPS) is 15.0. The lowest BCUT2D eigenvalue weighted by molar-refractivity contribution is -0.146. The third kappa shape index (κ3) is 10.9. The molecule has 2 aromatic carbocycles. The van der Waals surface area contributed by atoms with Gasteiger partial charge in [-0.25, -0.2) is 4.79 Å². The minimum absolute atomic E-state index is 0. The Balaban J connectivity index is 0.00000588. The molecule has 0 spiro atoms. The third-order valence-corrected chi connectivity index (χ3v) is 7.25. The van der Waals surface area contributed by atoms with Gasteiger partial charge in [-0.1, -0.05) is 42.5 Å². The molecule has 2 N–H and O–H groups in total. The van der Waals surface area contributed by atoms with Gasteiger partial charge >= 0.3 is 18.0 Å². The van der Waals surface area contributed by atoms with Crippen LogP contribution in [-0.4, -0.2) is 68.1 Å². The fraction of sp³-hybridized carbons (Fsp3) is 0.448. The SMILES string of the molecule is CCOC(=O)CN1C(=O)C(N[C@H](CCCCNC(=O)OCc2ccccc2)C(=O)OCC)CSc2ccccc21.Cl. The predicted molar refractivity (Wildman–Crippen MR) is 159 cm³/mol. The second-order valence-electron chi connectivity index (χ2n) is 9.02. The molecule has 1 aliphatic heterocycles. The minimum Gasteiger partial charge on any atom is -0.465 e. The topological polar surface area (TPSA) is 123 Å². The van der Waals surface area contributed by atoms with Gasteiger partial charge in [0.2, 0.25) is 5.91 Å². The number of amides is 2. The highest BCUT2D eigenvalue weighted by atomic mass is 35.5. The van der Waals surface area contributed by atoms with Gasteiger partial charge in [-0.15, -0.1) is 24.2 Å². The van der Waals surface area contributed by atoms with Crippen molar-refractivity contribution >= 4 is 53.8 Å². The Morgan fingerprint density at radius 1 is 0.976 bits per heavy atom. The fourth-order valence-electron chi connectivity index (χ4n) is 4.16. The van der Waals surface area contributed by atoms with Crippen molar-refractivity contribution in [1.29, 1.82) is 0 Å². The summed E-state index contributed by atoms with van der Waals surface area (Å²) in [5.74, 6) is -0.898. The van der Waals surface area contributed by atoms with Crippen LogP contribution >= 0.6 is 24.2 Å². The molecule has 2 amide bonds. The molecule has 0 aliphatic carbocycles. The first kappa shape index (κ1) is 33.9. The summed E-state index contributed by atoms with van der Waals surface area (Å²) < 4.78 is 15.6. The van der Waals surface area contributed by atoms with E-state index in [1.807, 2.05) is 48.5 Å². The lowest BCUT2D eigenvalue weighted by Gasteiger charge is -2.27. The number of unbranched alkanes of at least 4 members (excludes halogenated alkanes) is 1. The molecule has 0 saturated carbocycles. The number of para-hydroxylation sites is 1. The van der Waals surface area contributed by atoms with Gasteiger partial charge < -0.3 is 19.5 Å². The van der Waals surface area contributed by atoms with Crippen LogP contribution in [0.3, 0.4) is 0 Å². The number of nitrogens with one attached hydrogen (secondary N) is 2. The first-order valence-corrected chi connectivity index (χ1v) is 14.5. The zero-order valence-electron chi connectivity index (χ0n) is 23.3. The maximum atomic E-state index is 13.6. The van der Waals surface area contributed by atoms with E-state index in [1.54, 1.807) is 19.9 Å². The summed E-state index contributed by atoms with van der Waals surface area (Å²) in [7, 11) is 0. The van der Waals surface area contributed by atoms with E-state index in [-0.39, 0.29) is 44.7 Å². The Morgan fingerprint density at radius 2 is 1.68 bits per heavy atom. The zero-order chi connectivity index (χ0) is 28.7. The Labute approximate surface area is 251 Å². The second-order valence-corrected chi connectivity index (χ2v) is 10.1. The number of ether oxygens (including phenoxy) is 3. The summed E-state index contributed by atoms with van der Waals surface area (Å²) >= 11 is 1.48. The van der Waals surface area contributed by atoms with Gasteiger partial charge in [0.25, 0.3) is 0 Å². The first-order valence-electron chi connectivity index (χ1n) is 13.5. The number of nitrogens with zero attached hydrogens (tertiary/aromatic N) is 1. The van der Waals surface area contributed by atoms with E-state index < -0.39 is 30.1 Å². The monoisotopic (exact) mass is 607 g/mol. The molecule has 10 nitrogen and oxygen atoms in total. The Bertz CT molecular complexity index is 1140. The number of fused-ring (bicyclic) bond motifs is 1. The van der Waals surface area contributed by atoms with Gasteiger partial charge in [0.1, 0.15) is 19.2 Å². The molecule has 0 radical (unpaired) electrons. The number of anilines is 1. The molecule has 1 unspecified atom stereocenters. The van der Waals surface area contributed by atoms with E-state index in [4.69, 9.17) is 14.2 Å². The van der Waals surface area contributed by atoms with E-state index in [0.29, 0.717) is 37.2 Å². The van der Waals surface area contributed by atoms with Crippen LogP contribution in [0.15, 0.2) is 59.5 Å². The molecule has 0 fully saturated rings. The lowest BCUT2D eigenvalue weighted by Crippen LogP contribution is -2.54.